The largest absolute Gasteiger partial charge is 0.388 e. The summed E-state index contributed by atoms with van der Waals surface area (Å²) in [5.74, 6) is -0.116. The molecule has 3 aromatic heterocycles. The van der Waals surface area contributed by atoms with E-state index in [2.05, 4.69) is 19.9 Å². The quantitative estimate of drug-likeness (QED) is 0.457. The summed E-state index contributed by atoms with van der Waals surface area (Å²) in [7, 11) is 0. The molecule has 0 unspecified atom stereocenters. The summed E-state index contributed by atoms with van der Waals surface area (Å²) in [6, 6.07) is 11.8. The summed E-state index contributed by atoms with van der Waals surface area (Å²) >= 11 is 0. The molecule has 3 heterocycles. The van der Waals surface area contributed by atoms with Gasteiger partial charge in [0.25, 0.3) is 0 Å². The van der Waals surface area contributed by atoms with Crippen molar-refractivity contribution in [2.75, 3.05) is 0 Å². The van der Waals surface area contributed by atoms with Crippen LogP contribution in [0.5, 0.6) is 0 Å². The van der Waals surface area contributed by atoms with Crippen molar-refractivity contribution in [3.8, 4) is 5.95 Å². The van der Waals surface area contributed by atoms with E-state index in [0.29, 0.717) is 28.6 Å². The third kappa shape index (κ3) is 3.28. The zero-order valence-electron chi connectivity index (χ0n) is 16.7. The van der Waals surface area contributed by atoms with Crippen molar-refractivity contribution >= 4 is 22.2 Å². The molecule has 0 fully saturated rings. The minimum Gasteiger partial charge on any atom is -0.388 e. The molecule has 0 bridgehead atoms. The van der Waals surface area contributed by atoms with Gasteiger partial charge in [-0.05, 0) is 29.7 Å². The van der Waals surface area contributed by atoms with Gasteiger partial charge in [-0.1, -0.05) is 31.2 Å². The van der Waals surface area contributed by atoms with Crippen LogP contribution in [0.15, 0.2) is 59.8 Å². The Kier molecular flexibility index (Phi) is 4.59. The minimum atomic E-state index is -0.616. The highest BCUT2D eigenvalue weighted by molar-refractivity contribution is 5.77. The zero-order valence-corrected chi connectivity index (χ0v) is 16.7. The van der Waals surface area contributed by atoms with Crippen LogP contribution in [0, 0.1) is 5.82 Å². The minimum absolute atomic E-state index is 0.238. The lowest BCUT2D eigenvalue weighted by molar-refractivity contribution is 0.172. The molecule has 0 aliphatic rings. The number of nitrogens with one attached hydrogen (secondary N) is 1. The van der Waals surface area contributed by atoms with Crippen LogP contribution >= 0.6 is 0 Å². The lowest BCUT2D eigenvalue weighted by Crippen LogP contribution is -2.19. The van der Waals surface area contributed by atoms with Crippen molar-refractivity contribution in [3.05, 3.63) is 82.4 Å². The lowest BCUT2D eigenvalue weighted by atomic mass is 10.0. The van der Waals surface area contributed by atoms with Gasteiger partial charge in [-0.3, -0.25) is 9.13 Å². The second-order valence-electron chi connectivity index (χ2n) is 7.29. The number of rotatable bonds is 5. The van der Waals surface area contributed by atoms with Gasteiger partial charge in [0.05, 0.1) is 29.9 Å². The van der Waals surface area contributed by atoms with Gasteiger partial charge in [0.2, 0.25) is 5.95 Å². The average molecular weight is 418 g/mol. The summed E-state index contributed by atoms with van der Waals surface area (Å²) in [5.41, 5.74) is 3.31. The first-order chi connectivity index (χ1) is 15.0. The first-order valence-electron chi connectivity index (χ1n) is 9.89. The number of nitrogens with zero attached hydrogens (tertiary/aromatic N) is 5. The monoisotopic (exact) mass is 418 g/mol. The van der Waals surface area contributed by atoms with Crippen LogP contribution in [0.1, 0.15) is 30.6 Å². The molecule has 0 radical (unpaired) electrons. The summed E-state index contributed by atoms with van der Waals surface area (Å²) in [6.45, 7) is 2.14. The Hall–Kier alpha value is -3.85. The van der Waals surface area contributed by atoms with Gasteiger partial charge in [0.15, 0.2) is 5.65 Å². The molecule has 5 aromatic rings. The topological polar surface area (TPSA) is 102 Å². The Labute approximate surface area is 175 Å². The molecular weight excluding hydrogens is 399 g/mol. The van der Waals surface area contributed by atoms with E-state index < -0.39 is 6.10 Å². The molecule has 5 rings (SSSR count). The van der Waals surface area contributed by atoms with Crippen LogP contribution in [0.3, 0.4) is 0 Å². The average Bonchev–Trinajstić information content (AvgIpc) is 3.33. The third-order valence-electron chi connectivity index (χ3n) is 5.35. The van der Waals surface area contributed by atoms with E-state index in [4.69, 9.17) is 0 Å². The molecule has 2 aromatic carbocycles. The van der Waals surface area contributed by atoms with Gasteiger partial charge in [-0.25, -0.2) is 19.2 Å². The Morgan fingerprint density at radius 3 is 2.87 bits per heavy atom. The van der Waals surface area contributed by atoms with Crippen molar-refractivity contribution in [2.24, 2.45) is 0 Å². The number of H-pyrrole nitrogens is 1. The second-order valence-corrected chi connectivity index (χ2v) is 7.29. The summed E-state index contributed by atoms with van der Waals surface area (Å²) in [5, 5.41) is 10.4. The van der Waals surface area contributed by atoms with Gasteiger partial charge in [-0.2, -0.15) is 4.98 Å². The molecule has 156 valence electrons. The van der Waals surface area contributed by atoms with Crippen LogP contribution in [-0.4, -0.2) is 34.2 Å². The highest BCUT2D eigenvalue weighted by Gasteiger charge is 2.16. The van der Waals surface area contributed by atoms with E-state index in [1.54, 1.807) is 10.6 Å². The van der Waals surface area contributed by atoms with Gasteiger partial charge in [-0.15, -0.1) is 0 Å². The van der Waals surface area contributed by atoms with Gasteiger partial charge in [0.1, 0.15) is 17.7 Å². The Morgan fingerprint density at radius 1 is 1.19 bits per heavy atom. The fraction of sp³-hybridized carbons (Fsp3) is 0.182. The third-order valence-corrected chi connectivity index (χ3v) is 5.35. The van der Waals surface area contributed by atoms with Gasteiger partial charge >= 0.3 is 5.69 Å². The highest BCUT2D eigenvalue weighted by Crippen LogP contribution is 2.23. The summed E-state index contributed by atoms with van der Waals surface area (Å²) in [4.78, 5) is 28.6. The Bertz CT molecular complexity index is 1470. The maximum absolute atomic E-state index is 13.8. The van der Waals surface area contributed by atoms with E-state index >= 15 is 0 Å². The molecular formula is C22H19FN6O2. The predicted octanol–water partition coefficient (Wildman–Crippen LogP) is 3.09. The molecule has 0 saturated carbocycles. The lowest BCUT2D eigenvalue weighted by Gasteiger charge is -2.14. The molecule has 0 aliphatic carbocycles. The number of aromatic nitrogens is 6. The van der Waals surface area contributed by atoms with Gasteiger partial charge < -0.3 is 10.1 Å². The number of fused-ring (bicyclic) bond motifs is 2. The Morgan fingerprint density at radius 2 is 2.03 bits per heavy atom. The number of imidazole rings is 2. The highest BCUT2D eigenvalue weighted by atomic mass is 19.1. The van der Waals surface area contributed by atoms with Gasteiger partial charge in [0, 0.05) is 6.07 Å². The molecule has 0 amide bonds. The normalized spacial score (nSPS) is 12.6. The summed E-state index contributed by atoms with van der Waals surface area (Å²) in [6.07, 6.45) is 2.99. The van der Waals surface area contributed by atoms with E-state index in [9.17, 15) is 14.3 Å². The molecule has 8 nitrogen and oxygen atoms in total. The van der Waals surface area contributed by atoms with Crippen molar-refractivity contribution in [2.45, 2.75) is 26.0 Å². The SMILES string of the molecule is CC[C@@H](O)c1ccccc1Cn1c(=O)[nH]c2cnc(-n3cnc4ccc(F)cc43)nc21. The number of aromatic amines is 1. The zero-order chi connectivity index (χ0) is 21.5. The molecule has 0 spiro atoms. The molecule has 0 saturated heterocycles. The number of hydrogen-bond donors (Lipinski definition) is 2. The maximum Gasteiger partial charge on any atom is 0.328 e. The second kappa shape index (κ2) is 7.44. The smallest absolute Gasteiger partial charge is 0.328 e. The summed E-state index contributed by atoms with van der Waals surface area (Å²) < 4.78 is 16.8. The van der Waals surface area contributed by atoms with Crippen LogP contribution in [0.2, 0.25) is 0 Å². The van der Waals surface area contributed by atoms with Crippen LogP contribution in [0.25, 0.3) is 28.1 Å². The van der Waals surface area contributed by atoms with Crippen LogP contribution in [-0.2, 0) is 6.54 Å². The first kappa shape index (κ1) is 19.1. The van der Waals surface area contributed by atoms with E-state index in [-0.39, 0.29) is 24.0 Å². The fourth-order valence-corrected chi connectivity index (χ4v) is 3.73. The van der Waals surface area contributed by atoms with Crippen LogP contribution in [0.4, 0.5) is 4.39 Å². The fourth-order valence-electron chi connectivity index (χ4n) is 3.73. The van der Waals surface area contributed by atoms with Crippen molar-refractivity contribution in [3.63, 3.8) is 0 Å². The number of halogens is 1. The standard InChI is InChI=1S/C22H19FN6O2/c1-2-19(30)15-6-4-3-5-13(15)11-28-20-17(26-22(28)31)10-24-21(27-20)29-12-25-16-8-7-14(23)9-18(16)29/h3-10,12,19,30H,2,11H2,1H3,(H,26,31)/t19-/m1/s1. The predicted molar refractivity (Wildman–Crippen MR) is 114 cm³/mol. The van der Waals surface area contributed by atoms with E-state index in [1.807, 2.05) is 31.2 Å². The molecule has 31 heavy (non-hydrogen) atoms. The number of benzene rings is 2. The van der Waals surface area contributed by atoms with Crippen molar-refractivity contribution < 1.29 is 9.50 Å². The van der Waals surface area contributed by atoms with Crippen LogP contribution < -0.4 is 5.69 Å². The van der Waals surface area contributed by atoms with E-state index in [0.717, 1.165) is 11.1 Å². The van der Waals surface area contributed by atoms with Crippen molar-refractivity contribution in [1.82, 2.24) is 29.1 Å². The maximum atomic E-state index is 13.8. The number of aliphatic hydroxyl groups is 1. The number of hydrogen-bond acceptors (Lipinski definition) is 5. The Balaban J connectivity index is 1.63. The van der Waals surface area contributed by atoms with E-state index in [1.165, 1.54) is 29.2 Å². The molecule has 9 heteroatoms. The first-order valence-corrected chi connectivity index (χ1v) is 9.89. The number of aliphatic hydroxyl groups excluding tert-OH is 1. The molecule has 2 N–H and O–H groups in total. The van der Waals surface area contributed by atoms with Crippen molar-refractivity contribution in [1.29, 1.82) is 0 Å². The molecule has 1 atom stereocenters. The molecule has 0 aliphatic heterocycles.